The summed E-state index contributed by atoms with van der Waals surface area (Å²) in [5, 5.41) is 12.4. The molecular weight excluding hydrogens is 364 g/mol. The monoisotopic (exact) mass is 388 g/mol. The molecular formula is C19H25ClN6O. The topological polar surface area (TPSA) is 66.3 Å². The predicted molar refractivity (Wildman–Crippen MR) is 104 cm³/mol. The van der Waals surface area contributed by atoms with Crippen LogP contribution >= 0.6 is 11.6 Å². The molecule has 3 heterocycles. The number of hydrogen-bond donors (Lipinski definition) is 1. The van der Waals surface area contributed by atoms with Crippen molar-refractivity contribution in [3.63, 3.8) is 0 Å². The second-order valence-electron chi connectivity index (χ2n) is 7.26. The number of nitrogens with zero attached hydrogens (tertiary/aromatic N) is 5. The SMILES string of the molecule is O=C(c1cn(C2CCNCC2)nn1)N1CCN(Cc2ccc(Cl)cc2)CC1. The Morgan fingerprint density at radius 3 is 2.52 bits per heavy atom. The molecule has 27 heavy (non-hydrogen) atoms. The summed E-state index contributed by atoms with van der Waals surface area (Å²) in [6.45, 7) is 6.00. The Balaban J connectivity index is 1.30. The summed E-state index contributed by atoms with van der Waals surface area (Å²) in [7, 11) is 0. The van der Waals surface area contributed by atoms with Gasteiger partial charge in [0.05, 0.1) is 12.2 Å². The number of halogens is 1. The Hall–Kier alpha value is -1.96. The molecule has 0 bridgehead atoms. The maximum absolute atomic E-state index is 12.8. The molecule has 0 saturated carbocycles. The Labute approximate surface area is 164 Å². The molecule has 1 amide bonds. The van der Waals surface area contributed by atoms with Crippen LogP contribution in [0, 0.1) is 0 Å². The normalized spacial score (nSPS) is 19.4. The standard InChI is InChI=1S/C19H25ClN6O/c20-16-3-1-15(2-4-16)13-24-9-11-25(12-10-24)19(27)18-14-26(23-22-18)17-5-7-21-8-6-17/h1-4,14,17,21H,5-13H2. The summed E-state index contributed by atoms with van der Waals surface area (Å²) in [4.78, 5) is 17.0. The number of rotatable bonds is 4. The van der Waals surface area contributed by atoms with Gasteiger partial charge in [-0.1, -0.05) is 28.9 Å². The highest BCUT2D eigenvalue weighted by atomic mass is 35.5. The van der Waals surface area contributed by atoms with Gasteiger partial charge < -0.3 is 10.2 Å². The molecule has 1 aromatic heterocycles. The molecule has 2 aliphatic rings. The first-order valence-corrected chi connectivity index (χ1v) is 9.95. The van der Waals surface area contributed by atoms with Gasteiger partial charge in [0.15, 0.2) is 5.69 Å². The minimum absolute atomic E-state index is 0.0127. The summed E-state index contributed by atoms with van der Waals surface area (Å²) < 4.78 is 1.87. The fraction of sp³-hybridized carbons (Fsp3) is 0.526. The first kappa shape index (κ1) is 18.4. The second-order valence-corrected chi connectivity index (χ2v) is 7.70. The van der Waals surface area contributed by atoms with Crippen LogP contribution in [0.5, 0.6) is 0 Å². The van der Waals surface area contributed by atoms with Crippen LogP contribution in [0.3, 0.4) is 0 Å². The van der Waals surface area contributed by atoms with Crippen molar-refractivity contribution >= 4 is 17.5 Å². The van der Waals surface area contributed by atoms with Crippen LogP contribution in [0.4, 0.5) is 0 Å². The summed E-state index contributed by atoms with van der Waals surface area (Å²) in [5.74, 6) is -0.0127. The van der Waals surface area contributed by atoms with Crippen LogP contribution in [-0.4, -0.2) is 70.0 Å². The number of nitrogens with one attached hydrogen (secondary N) is 1. The van der Waals surface area contributed by atoms with Crippen LogP contribution in [0.2, 0.25) is 5.02 Å². The Morgan fingerprint density at radius 2 is 1.81 bits per heavy atom. The van der Waals surface area contributed by atoms with Crippen LogP contribution in [0.15, 0.2) is 30.5 Å². The first-order chi connectivity index (χ1) is 13.2. The van der Waals surface area contributed by atoms with Gasteiger partial charge in [0.25, 0.3) is 5.91 Å². The molecule has 7 nitrogen and oxygen atoms in total. The molecule has 1 N–H and O–H groups in total. The van der Waals surface area contributed by atoms with Crippen LogP contribution in [0.25, 0.3) is 0 Å². The number of hydrogen-bond acceptors (Lipinski definition) is 5. The predicted octanol–water partition coefficient (Wildman–Crippen LogP) is 1.81. The Kier molecular flexibility index (Phi) is 5.71. The molecule has 2 fully saturated rings. The van der Waals surface area contributed by atoms with Gasteiger partial charge in [0.2, 0.25) is 0 Å². The lowest BCUT2D eigenvalue weighted by atomic mass is 10.1. The first-order valence-electron chi connectivity index (χ1n) is 9.58. The van der Waals surface area contributed by atoms with Gasteiger partial charge in [-0.25, -0.2) is 4.68 Å². The minimum Gasteiger partial charge on any atom is -0.335 e. The third kappa shape index (κ3) is 4.48. The highest BCUT2D eigenvalue weighted by Gasteiger charge is 2.25. The lowest BCUT2D eigenvalue weighted by Crippen LogP contribution is -2.48. The van der Waals surface area contributed by atoms with Crippen molar-refractivity contribution in [2.24, 2.45) is 0 Å². The van der Waals surface area contributed by atoms with Gasteiger partial charge in [-0.05, 0) is 43.6 Å². The number of amides is 1. The van der Waals surface area contributed by atoms with Gasteiger partial charge in [-0.3, -0.25) is 9.69 Å². The summed E-state index contributed by atoms with van der Waals surface area (Å²) in [6, 6.07) is 8.29. The van der Waals surface area contributed by atoms with E-state index in [-0.39, 0.29) is 5.91 Å². The van der Waals surface area contributed by atoms with Crippen molar-refractivity contribution in [1.29, 1.82) is 0 Å². The van der Waals surface area contributed by atoms with Gasteiger partial charge in [-0.15, -0.1) is 5.10 Å². The average Bonchev–Trinajstić information content (AvgIpc) is 3.21. The maximum Gasteiger partial charge on any atom is 0.276 e. The van der Waals surface area contributed by atoms with E-state index in [9.17, 15) is 4.79 Å². The zero-order valence-corrected chi connectivity index (χ0v) is 16.1. The second kappa shape index (κ2) is 8.37. The smallest absolute Gasteiger partial charge is 0.276 e. The van der Waals surface area contributed by atoms with Gasteiger partial charge in [0, 0.05) is 37.7 Å². The zero-order valence-electron chi connectivity index (χ0n) is 15.4. The summed E-state index contributed by atoms with van der Waals surface area (Å²) >= 11 is 5.94. The molecule has 4 rings (SSSR count). The van der Waals surface area contributed by atoms with E-state index in [2.05, 4.69) is 32.7 Å². The fourth-order valence-electron chi connectivity index (χ4n) is 3.74. The van der Waals surface area contributed by atoms with E-state index in [1.807, 2.05) is 27.9 Å². The van der Waals surface area contributed by atoms with Crippen molar-refractivity contribution < 1.29 is 4.79 Å². The number of piperidine rings is 1. The van der Waals surface area contributed by atoms with E-state index in [1.54, 1.807) is 0 Å². The van der Waals surface area contributed by atoms with Crippen molar-refractivity contribution in [1.82, 2.24) is 30.1 Å². The van der Waals surface area contributed by atoms with Gasteiger partial charge in [-0.2, -0.15) is 0 Å². The molecule has 0 atom stereocenters. The molecule has 0 radical (unpaired) electrons. The molecule has 0 unspecified atom stereocenters. The molecule has 2 aromatic rings. The fourth-order valence-corrected chi connectivity index (χ4v) is 3.87. The number of piperazine rings is 1. The summed E-state index contributed by atoms with van der Waals surface area (Å²) in [5.41, 5.74) is 1.70. The van der Waals surface area contributed by atoms with E-state index in [0.29, 0.717) is 24.8 Å². The van der Waals surface area contributed by atoms with E-state index in [0.717, 1.165) is 50.6 Å². The number of carbonyl (C=O) groups excluding carboxylic acids is 1. The molecule has 1 aromatic carbocycles. The van der Waals surface area contributed by atoms with E-state index >= 15 is 0 Å². The van der Waals surface area contributed by atoms with Crippen molar-refractivity contribution in [2.75, 3.05) is 39.3 Å². The molecule has 8 heteroatoms. The molecule has 2 saturated heterocycles. The molecule has 0 spiro atoms. The molecule has 0 aliphatic carbocycles. The van der Waals surface area contributed by atoms with Crippen molar-refractivity contribution in [3.05, 3.63) is 46.7 Å². The van der Waals surface area contributed by atoms with Crippen molar-refractivity contribution in [3.8, 4) is 0 Å². The van der Waals surface area contributed by atoms with Gasteiger partial charge in [0.1, 0.15) is 0 Å². The number of aromatic nitrogens is 3. The highest BCUT2D eigenvalue weighted by Crippen LogP contribution is 2.18. The molecule has 2 aliphatic heterocycles. The number of carbonyl (C=O) groups is 1. The Morgan fingerprint density at radius 1 is 1.11 bits per heavy atom. The maximum atomic E-state index is 12.8. The van der Waals surface area contributed by atoms with Gasteiger partial charge >= 0.3 is 0 Å². The Bertz CT molecular complexity index is 763. The van der Waals surface area contributed by atoms with Crippen molar-refractivity contribution in [2.45, 2.75) is 25.4 Å². The quantitative estimate of drug-likeness (QED) is 0.865. The third-order valence-corrected chi connectivity index (χ3v) is 5.64. The van der Waals surface area contributed by atoms with Crippen LogP contribution in [0.1, 0.15) is 34.9 Å². The van der Waals surface area contributed by atoms with E-state index in [4.69, 9.17) is 11.6 Å². The lowest BCUT2D eigenvalue weighted by Gasteiger charge is -2.34. The van der Waals surface area contributed by atoms with Crippen LogP contribution < -0.4 is 5.32 Å². The van der Waals surface area contributed by atoms with E-state index < -0.39 is 0 Å². The largest absolute Gasteiger partial charge is 0.335 e. The molecule has 144 valence electrons. The van der Waals surface area contributed by atoms with Crippen LogP contribution in [-0.2, 0) is 6.54 Å². The summed E-state index contributed by atoms with van der Waals surface area (Å²) in [6.07, 6.45) is 3.87. The minimum atomic E-state index is -0.0127. The average molecular weight is 389 g/mol. The zero-order chi connectivity index (χ0) is 18.6. The highest BCUT2D eigenvalue weighted by molar-refractivity contribution is 6.30. The third-order valence-electron chi connectivity index (χ3n) is 5.39. The lowest BCUT2D eigenvalue weighted by molar-refractivity contribution is 0.0622. The number of benzene rings is 1. The van der Waals surface area contributed by atoms with E-state index in [1.165, 1.54) is 5.56 Å².